The summed E-state index contributed by atoms with van der Waals surface area (Å²) in [6.45, 7) is 0. The predicted octanol–water partition coefficient (Wildman–Crippen LogP) is -5.22. The van der Waals surface area contributed by atoms with E-state index in [1.54, 1.807) is 0 Å². The van der Waals surface area contributed by atoms with Gasteiger partial charge < -0.3 is 0 Å². The molecule has 0 rings (SSSR count). The van der Waals surface area contributed by atoms with E-state index in [-0.39, 0.29) is 18.9 Å². The Kier molecular flexibility index (Phi) is 22.1. The Hall–Kier alpha value is 1.20. The van der Waals surface area contributed by atoms with Crippen LogP contribution in [-0.4, -0.2) is 3.61 Å². The third kappa shape index (κ3) is 332. The Balaban J connectivity index is -0.0000000720. The Morgan fingerprint density at radius 2 is 1.33 bits per heavy atom. The molecular formula is HLiNbO6Ta. The van der Waals surface area contributed by atoms with Gasteiger partial charge in [0.2, 0.25) is 0 Å². The van der Waals surface area contributed by atoms with Gasteiger partial charge in [0.1, 0.15) is 0 Å². The van der Waals surface area contributed by atoms with Gasteiger partial charge in [-0.2, -0.15) is 0 Å². The Morgan fingerprint density at radius 3 is 1.33 bits per heavy atom. The summed E-state index contributed by atoms with van der Waals surface area (Å²) in [4.78, 5) is 0. The molecule has 0 heterocycles. The molecule has 0 spiro atoms. The average molecular weight is 378 g/mol. The maximum absolute atomic E-state index is 8.73. The van der Waals surface area contributed by atoms with Crippen LogP contribution in [0.3, 0.4) is 0 Å². The molecule has 6 nitrogen and oxygen atoms in total. The van der Waals surface area contributed by atoms with Gasteiger partial charge in [-0.3, -0.25) is 0 Å². The molecule has 0 saturated carbocycles. The molecule has 1 N–H and O–H groups in total. The van der Waals surface area contributed by atoms with E-state index in [0.29, 0.717) is 0 Å². The number of hydrogen-bond donors (Lipinski definition) is 1. The fourth-order valence-electron chi connectivity index (χ4n) is 0. The minimum absolute atomic E-state index is 0. The van der Waals surface area contributed by atoms with Gasteiger partial charge in [0, 0.05) is 0 Å². The first-order valence-electron chi connectivity index (χ1n) is 1.11. The first kappa shape index (κ1) is 16.7. The molecule has 0 aromatic carbocycles. The van der Waals surface area contributed by atoms with Gasteiger partial charge >= 0.3 is 76.7 Å². The summed E-state index contributed by atoms with van der Waals surface area (Å²) in [7, 11) is 0. The molecule has 0 aliphatic heterocycles. The van der Waals surface area contributed by atoms with Crippen LogP contribution in [0, 0.1) is 0 Å². The van der Waals surface area contributed by atoms with Gasteiger partial charge in [-0.25, -0.2) is 0 Å². The average Bonchev–Trinajstić information content (AvgIpc) is 1.25. The molecule has 0 aliphatic rings. The second-order valence-electron chi connectivity index (χ2n) is 0.461. The van der Waals surface area contributed by atoms with Gasteiger partial charge in [0.05, 0.1) is 0 Å². The van der Waals surface area contributed by atoms with E-state index in [9.17, 15) is 0 Å². The van der Waals surface area contributed by atoms with Crippen molar-refractivity contribution in [3.8, 4) is 0 Å². The topological polar surface area (TPSA) is 112 Å². The van der Waals surface area contributed by atoms with Crippen LogP contribution in [0.2, 0.25) is 0 Å². The normalized spacial score (nSPS) is 5.56. The van der Waals surface area contributed by atoms with E-state index in [4.69, 9.17) is 20.2 Å². The number of hydrogen-bond acceptors (Lipinski definition) is 5. The standard InChI is InChI=1S/Li.Nb.H2O.5O.Ta/h;;1H2;;;;;;/q+1;;;;;;;-1;+1/p-1. The van der Waals surface area contributed by atoms with Gasteiger partial charge in [0.15, 0.2) is 0 Å². The molecule has 0 unspecified atom stereocenters. The van der Waals surface area contributed by atoms with Crippen LogP contribution in [0.25, 0.3) is 0 Å². The molecule has 0 aromatic heterocycles. The van der Waals surface area contributed by atoms with Gasteiger partial charge in [-0.05, 0) is 0 Å². The zero-order valence-electron chi connectivity index (χ0n) is 4.38. The van der Waals surface area contributed by atoms with Crippen molar-refractivity contribution in [2.45, 2.75) is 0 Å². The van der Waals surface area contributed by atoms with Crippen molar-refractivity contribution < 1.29 is 76.7 Å². The minimum atomic E-state index is -4.20. The van der Waals surface area contributed by atoms with Crippen molar-refractivity contribution in [1.29, 1.82) is 0 Å². The van der Waals surface area contributed by atoms with E-state index in [2.05, 4.69) is 0 Å². The van der Waals surface area contributed by atoms with Crippen LogP contribution in [0.4, 0.5) is 0 Å². The SMILES string of the molecule is [Li+].[O]=[Nb](=[O])[O-].[O]=[Ta](=[O])[OH]. The molecule has 0 amide bonds. The van der Waals surface area contributed by atoms with Crippen molar-refractivity contribution in [3.05, 3.63) is 0 Å². The summed E-state index contributed by atoms with van der Waals surface area (Å²) in [6.07, 6.45) is 0. The summed E-state index contributed by atoms with van der Waals surface area (Å²) in [5, 5.41) is 0. The molecule has 9 heteroatoms. The van der Waals surface area contributed by atoms with Crippen LogP contribution >= 0.6 is 0 Å². The molecule has 0 atom stereocenters. The van der Waals surface area contributed by atoms with Gasteiger partial charge in [-0.1, -0.05) is 0 Å². The van der Waals surface area contributed by atoms with E-state index in [0.717, 1.165) is 0 Å². The molecule has 0 saturated heterocycles. The molecule has 0 radical (unpaired) electrons. The quantitative estimate of drug-likeness (QED) is 0.422. The van der Waals surface area contributed by atoms with Gasteiger partial charge in [0.25, 0.3) is 0 Å². The van der Waals surface area contributed by atoms with E-state index < -0.39 is 37.6 Å². The Labute approximate surface area is 76.0 Å². The van der Waals surface area contributed by atoms with Crippen LogP contribution in [0.15, 0.2) is 0 Å². The summed E-state index contributed by atoms with van der Waals surface area (Å²) < 4.78 is 50.4. The summed E-state index contributed by atoms with van der Waals surface area (Å²) in [5.41, 5.74) is 0. The Morgan fingerprint density at radius 1 is 1.33 bits per heavy atom. The molecule has 0 bridgehead atoms. The predicted molar refractivity (Wildman–Crippen MR) is 4.96 cm³/mol. The van der Waals surface area contributed by atoms with Crippen molar-refractivity contribution in [1.82, 2.24) is 0 Å². The van der Waals surface area contributed by atoms with E-state index in [1.807, 2.05) is 0 Å². The first-order valence-corrected chi connectivity index (χ1v) is 7.87. The van der Waals surface area contributed by atoms with Crippen LogP contribution in [-0.2, 0) is 50.6 Å². The second kappa shape index (κ2) is 11.9. The third-order valence-electron chi connectivity index (χ3n) is 0. The Bertz CT molecular complexity index is 130. The first-order chi connectivity index (χ1) is 3.46. The second-order valence-corrected chi connectivity index (χ2v) is 3.27. The van der Waals surface area contributed by atoms with Gasteiger partial charge in [-0.15, -0.1) is 0 Å². The van der Waals surface area contributed by atoms with Crippen molar-refractivity contribution in [2.24, 2.45) is 0 Å². The zero-order valence-corrected chi connectivity index (χ0v) is 9.79. The van der Waals surface area contributed by atoms with Crippen LogP contribution in [0.5, 0.6) is 0 Å². The molecule has 0 aliphatic carbocycles. The monoisotopic (exact) mass is 378 g/mol. The van der Waals surface area contributed by atoms with Crippen molar-refractivity contribution in [2.75, 3.05) is 0 Å². The molecule has 0 fully saturated rings. The summed E-state index contributed by atoms with van der Waals surface area (Å²) >= 11 is -8.29. The fraction of sp³-hybridized carbons (Fsp3) is 0. The summed E-state index contributed by atoms with van der Waals surface area (Å²) in [5.74, 6) is 0. The van der Waals surface area contributed by atoms with Crippen LogP contribution < -0.4 is 22.5 Å². The molecule has 48 valence electrons. The fourth-order valence-corrected chi connectivity index (χ4v) is 0. The molecular weight excluding hydrogens is 377 g/mol. The zero-order chi connectivity index (χ0) is 7.15. The molecule has 0 aromatic rings. The molecule has 9 heavy (non-hydrogen) atoms. The van der Waals surface area contributed by atoms with Crippen molar-refractivity contribution >= 4 is 0 Å². The van der Waals surface area contributed by atoms with E-state index in [1.165, 1.54) is 0 Å². The van der Waals surface area contributed by atoms with Crippen LogP contribution in [0.1, 0.15) is 0 Å². The third-order valence-corrected chi connectivity index (χ3v) is 0. The number of rotatable bonds is 0. The maximum atomic E-state index is 8.73. The summed E-state index contributed by atoms with van der Waals surface area (Å²) in [6, 6.07) is 0. The van der Waals surface area contributed by atoms with E-state index >= 15 is 0 Å². The van der Waals surface area contributed by atoms with Crippen molar-refractivity contribution in [3.63, 3.8) is 0 Å².